The largest absolute Gasteiger partial charge is 0.383 e. The van der Waals surface area contributed by atoms with E-state index in [0.29, 0.717) is 21.6 Å². The van der Waals surface area contributed by atoms with Crippen molar-refractivity contribution in [3.63, 3.8) is 0 Å². The molecule has 0 bridgehead atoms. The van der Waals surface area contributed by atoms with E-state index >= 15 is 4.39 Å². The summed E-state index contributed by atoms with van der Waals surface area (Å²) in [6.45, 7) is 34.9. The summed E-state index contributed by atoms with van der Waals surface area (Å²) in [5, 5.41) is 5.61. The van der Waals surface area contributed by atoms with Crippen molar-refractivity contribution in [2.75, 3.05) is 14.1 Å². The van der Waals surface area contributed by atoms with Gasteiger partial charge in [0.2, 0.25) is 0 Å². The van der Waals surface area contributed by atoms with Gasteiger partial charge in [0.05, 0.1) is 4.91 Å². The highest BCUT2D eigenvalue weighted by molar-refractivity contribution is 8.06. The first-order chi connectivity index (χ1) is 17.4. The molecule has 0 atom stereocenters. The van der Waals surface area contributed by atoms with Gasteiger partial charge in [-0.15, -0.1) is 0 Å². The highest BCUT2D eigenvalue weighted by Gasteiger charge is 2.35. The number of aryl methyl sites for hydroxylation is 1. The van der Waals surface area contributed by atoms with Crippen molar-refractivity contribution in [2.45, 2.75) is 100 Å². The smallest absolute Gasteiger partial charge is 0.140 e. The summed E-state index contributed by atoms with van der Waals surface area (Å²) in [6.07, 6.45) is 6.28. The van der Waals surface area contributed by atoms with E-state index in [1.165, 1.54) is 24.6 Å². The molecular weight excluding hydrogens is 487 g/mol. The predicted octanol–water partition coefficient (Wildman–Crippen LogP) is 8.72. The first-order valence-corrected chi connectivity index (χ1v) is 14.5. The van der Waals surface area contributed by atoms with Gasteiger partial charge < -0.3 is 10.2 Å². The van der Waals surface area contributed by atoms with Crippen LogP contribution in [0.2, 0.25) is 0 Å². The van der Waals surface area contributed by atoms with E-state index in [4.69, 9.17) is 0 Å². The maximum absolute atomic E-state index is 15.2. The van der Waals surface area contributed by atoms with Crippen LogP contribution >= 0.6 is 11.8 Å². The molecule has 0 radical (unpaired) electrons. The van der Waals surface area contributed by atoms with Gasteiger partial charge in [-0.05, 0) is 118 Å². The van der Waals surface area contributed by atoms with Gasteiger partial charge in [0.15, 0.2) is 0 Å². The number of benzene rings is 1. The van der Waals surface area contributed by atoms with E-state index in [2.05, 4.69) is 59.7 Å². The summed E-state index contributed by atoms with van der Waals surface area (Å²) in [7, 11) is 3.92. The van der Waals surface area contributed by atoms with Gasteiger partial charge in [-0.25, -0.2) is 4.39 Å². The molecule has 1 heterocycles. The van der Waals surface area contributed by atoms with Gasteiger partial charge in [0.1, 0.15) is 5.83 Å². The molecule has 0 unspecified atom stereocenters. The molecule has 1 saturated heterocycles. The van der Waals surface area contributed by atoms with Crippen molar-refractivity contribution in [2.24, 2.45) is 5.92 Å². The molecule has 1 aromatic rings. The summed E-state index contributed by atoms with van der Waals surface area (Å²) in [5.41, 5.74) is 3.96. The quantitative estimate of drug-likeness (QED) is 0.362. The number of piperidine rings is 1. The lowest BCUT2D eigenvalue weighted by Crippen LogP contribution is -2.57. The van der Waals surface area contributed by atoms with E-state index < -0.39 is 0 Å². The van der Waals surface area contributed by atoms with E-state index in [9.17, 15) is 0 Å². The Morgan fingerprint density at radius 2 is 1.58 bits per heavy atom. The number of hydrogen-bond donors (Lipinski definition) is 1. The first kappa shape index (κ1) is 36.0. The molecular formula is C34H55FN2S. The molecule has 1 aliphatic rings. The van der Waals surface area contributed by atoms with E-state index in [1.807, 2.05) is 78.9 Å². The fourth-order valence-electron chi connectivity index (χ4n) is 5.15. The number of hydrogen-bond acceptors (Lipinski definition) is 3. The highest BCUT2D eigenvalue weighted by atomic mass is 32.2. The monoisotopic (exact) mass is 542 g/mol. The molecule has 2 rings (SSSR count). The molecule has 1 aliphatic heterocycles. The number of nitrogens with zero attached hydrogens (tertiary/aromatic N) is 1. The predicted molar refractivity (Wildman–Crippen MR) is 174 cm³/mol. The minimum atomic E-state index is -0.239. The standard InChI is InChI=1S/C22H28FNS.C10H21N.C2H6/c1-10-15(4)22(25-14(2)3)21(23)18(7)19-11-16(5)17(6)20(12-19)13-24(8)9;1-8-6-9(2,3)11-10(4,5)7-8;1-2/h10-13H,1-2,6H2,3-5,7-9H3;8,11H,6-7H2,1-5H3;1-2H3/b20-13-,21-18-,22-15+;;. The number of thioether (sulfide) groups is 1. The lowest BCUT2D eigenvalue weighted by Gasteiger charge is -2.45. The Balaban J connectivity index is 0.000000873. The molecule has 38 heavy (non-hydrogen) atoms. The fourth-order valence-corrected chi connectivity index (χ4v) is 5.98. The molecule has 0 spiro atoms. The Bertz CT molecular complexity index is 1120. The zero-order valence-electron chi connectivity index (χ0n) is 26.7. The average molecular weight is 543 g/mol. The van der Waals surface area contributed by atoms with E-state index in [0.717, 1.165) is 38.0 Å². The van der Waals surface area contributed by atoms with Crippen LogP contribution in [0, 0.1) is 12.8 Å². The minimum absolute atomic E-state index is 0.239. The second kappa shape index (κ2) is 15.5. The molecule has 0 aromatic heterocycles. The second-order valence-corrected chi connectivity index (χ2v) is 13.1. The van der Waals surface area contributed by atoms with E-state index in [-0.39, 0.29) is 5.83 Å². The highest BCUT2D eigenvalue weighted by Crippen LogP contribution is 2.37. The zero-order chi connectivity index (χ0) is 30.0. The summed E-state index contributed by atoms with van der Waals surface area (Å²) in [5.74, 6) is 0.624. The Morgan fingerprint density at radius 3 is 1.97 bits per heavy atom. The second-order valence-electron chi connectivity index (χ2n) is 11.8. The minimum Gasteiger partial charge on any atom is -0.383 e. The van der Waals surface area contributed by atoms with Crippen molar-refractivity contribution in [1.29, 1.82) is 0 Å². The van der Waals surface area contributed by atoms with Crippen LogP contribution in [0.1, 0.15) is 93.2 Å². The van der Waals surface area contributed by atoms with Crippen molar-refractivity contribution < 1.29 is 4.39 Å². The molecule has 0 aliphatic carbocycles. The number of halogens is 1. The lowest BCUT2D eigenvalue weighted by atomic mass is 9.77. The first-order valence-electron chi connectivity index (χ1n) is 13.7. The maximum Gasteiger partial charge on any atom is 0.140 e. The van der Waals surface area contributed by atoms with Crippen LogP contribution in [0.4, 0.5) is 4.39 Å². The third-order valence-corrected chi connectivity index (χ3v) is 7.26. The summed E-state index contributed by atoms with van der Waals surface area (Å²) in [4.78, 5) is 3.37. The summed E-state index contributed by atoms with van der Waals surface area (Å²) >= 11 is 1.34. The molecule has 0 saturated carbocycles. The van der Waals surface area contributed by atoms with Gasteiger partial charge >= 0.3 is 0 Å². The summed E-state index contributed by atoms with van der Waals surface area (Å²) in [6, 6.07) is 3.97. The van der Waals surface area contributed by atoms with Crippen LogP contribution in [0.3, 0.4) is 0 Å². The fraction of sp³-hybridized carbons (Fsp3) is 0.529. The third-order valence-electron chi connectivity index (χ3n) is 6.20. The Labute approximate surface area is 238 Å². The molecule has 0 amide bonds. The molecule has 1 fully saturated rings. The van der Waals surface area contributed by atoms with Gasteiger partial charge in [-0.1, -0.05) is 64.4 Å². The normalized spacial score (nSPS) is 18.1. The third kappa shape index (κ3) is 11.8. The maximum atomic E-state index is 15.2. The number of rotatable bonds is 6. The van der Waals surface area contributed by atoms with E-state index in [1.54, 1.807) is 6.08 Å². The van der Waals surface area contributed by atoms with Gasteiger partial charge in [0.25, 0.3) is 0 Å². The van der Waals surface area contributed by atoms with Gasteiger partial charge in [-0.3, -0.25) is 0 Å². The topological polar surface area (TPSA) is 15.3 Å². The van der Waals surface area contributed by atoms with Gasteiger partial charge in [0, 0.05) is 31.4 Å². The Hall–Kier alpha value is -2.04. The van der Waals surface area contributed by atoms with Crippen LogP contribution < -0.4 is 15.8 Å². The molecule has 1 aromatic carbocycles. The Morgan fingerprint density at radius 1 is 1.08 bits per heavy atom. The number of nitrogens with one attached hydrogen (secondary N) is 1. The van der Waals surface area contributed by atoms with Crippen molar-refractivity contribution >= 4 is 30.1 Å². The van der Waals surface area contributed by atoms with Crippen molar-refractivity contribution in [3.8, 4) is 0 Å². The molecule has 1 N–H and O–H groups in total. The van der Waals surface area contributed by atoms with Crippen LogP contribution in [0.15, 0.2) is 52.6 Å². The van der Waals surface area contributed by atoms with Crippen molar-refractivity contribution in [1.82, 2.24) is 10.2 Å². The van der Waals surface area contributed by atoms with Crippen LogP contribution in [-0.2, 0) is 0 Å². The van der Waals surface area contributed by atoms with Crippen molar-refractivity contribution in [3.05, 3.63) is 74.1 Å². The number of allylic oxidation sites excluding steroid dienone is 5. The van der Waals surface area contributed by atoms with Crippen LogP contribution in [-0.4, -0.2) is 30.1 Å². The molecule has 214 valence electrons. The lowest BCUT2D eigenvalue weighted by molar-refractivity contribution is 0.138. The van der Waals surface area contributed by atoms with Crippen LogP contribution in [0.5, 0.6) is 0 Å². The van der Waals surface area contributed by atoms with Gasteiger partial charge in [-0.2, -0.15) is 0 Å². The molecule has 4 heteroatoms. The summed E-state index contributed by atoms with van der Waals surface area (Å²) < 4.78 is 15.2. The molecule has 2 nitrogen and oxygen atoms in total. The zero-order valence-corrected chi connectivity index (χ0v) is 27.5. The van der Waals surface area contributed by atoms with Crippen LogP contribution in [0.25, 0.3) is 18.4 Å². The SMILES string of the molecule is C=C/C(C)=C(SC(=C)C)\C(F)=C(/C)c1cc(C)c(=C)/c(=C\N(C)C)c1.CC.CC1CC(C)(C)NC(C)(C)C1. The Kier molecular flexibility index (Phi) is 14.7. The average Bonchev–Trinajstić information content (AvgIpc) is 2.77.